The third kappa shape index (κ3) is 6.66. The Morgan fingerprint density at radius 2 is 1.53 bits per heavy atom. The number of nitrogens with zero attached hydrogens (tertiary/aromatic N) is 2. The van der Waals surface area contributed by atoms with E-state index in [0.29, 0.717) is 29.2 Å². The molecule has 0 N–H and O–H groups in total. The lowest BCUT2D eigenvalue weighted by atomic mass is 9.80. The molecule has 1 atom stereocenters. The molecule has 0 aromatic heterocycles. The summed E-state index contributed by atoms with van der Waals surface area (Å²) in [4.78, 5) is 0. The summed E-state index contributed by atoms with van der Waals surface area (Å²) in [6.07, 6.45) is 9.26. The van der Waals surface area contributed by atoms with Crippen LogP contribution in [0.4, 0.5) is 20.2 Å². The van der Waals surface area contributed by atoms with Gasteiger partial charge >= 0.3 is 0 Å². The van der Waals surface area contributed by atoms with Crippen LogP contribution in [-0.2, 0) is 19.3 Å². The summed E-state index contributed by atoms with van der Waals surface area (Å²) in [6, 6.07) is 16.8. The molecule has 3 aromatic rings. The molecule has 0 saturated heterocycles. The molecule has 0 heterocycles. The van der Waals surface area contributed by atoms with E-state index in [1.54, 1.807) is 24.3 Å². The summed E-state index contributed by atoms with van der Waals surface area (Å²) in [5.74, 6) is 5.11. The molecule has 2 nitrogen and oxygen atoms in total. The van der Waals surface area contributed by atoms with E-state index in [2.05, 4.69) is 48.0 Å². The average molecular weight is 485 g/mol. The maximum Gasteiger partial charge on any atom is 0.145 e. The normalized spacial score (nSPS) is 14.9. The molecule has 4 heteroatoms. The van der Waals surface area contributed by atoms with Gasteiger partial charge in [-0.25, -0.2) is 8.78 Å². The zero-order valence-electron chi connectivity index (χ0n) is 21.3. The predicted octanol–water partition coefficient (Wildman–Crippen LogP) is 9.42. The van der Waals surface area contributed by atoms with Crippen LogP contribution in [0.2, 0.25) is 0 Å². The Morgan fingerprint density at radius 1 is 0.861 bits per heavy atom. The minimum absolute atomic E-state index is 0.132. The Bertz CT molecular complexity index is 1250. The molecule has 1 aliphatic rings. The zero-order chi connectivity index (χ0) is 25.3. The topological polar surface area (TPSA) is 24.7 Å². The fourth-order valence-electron chi connectivity index (χ4n) is 4.75. The minimum Gasteiger partial charge on any atom is -0.206 e. The van der Waals surface area contributed by atoms with Gasteiger partial charge in [0.25, 0.3) is 0 Å². The molecule has 0 radical (unpaired) electrons. The number of rotatable bonds is 8. The van der Waals surface area contributed by atoms with Crippen LogP contribution in [0.15, 0.2) is 64.8 Å². The van der Waals surface area contributed by atoms with Crippen LogP contribution in [0.25, 0.3) is 0 Å². The highest BCUT2D eigenvalue weighted by Gasteiger charge is 2.24. The first-order chi connectivity index (χ1) is 17.6. The second kappa shape index (κ2) is 12.6. The van der Waals surface area contributed by atoms with Crippen molar-refractivity contribution in [3.8, 4) is 11.8 Å². The standard InChI is InChI=1S/C32H34F2N2/c1-3-5-7-23-9-15-27(16-10-23)35-36-28-17-11-24(12-18-28)13-20-30-31(33)22-26-21-25(8-6-4-2)14-19-29(26)32(30)34/h9-12,15-18,22,25H,3-8,14,19,21H2,1-2H3. The SMILES string of the molecule is CCCCc1ccc(N=Nc2ccc(C#Cc3c(F)cc4c(c3F)CCC(CCCC)C4)cc2)cc1. The van der Waals surface area contributed by atoms with Crippen molar-refractivity contribution in [3.05, 3.63) is 94.0 Å². The van der Waals surface area contributed by atoms with Gasteiger partial charge in [0.1, 0.15) is 11.6 Å². The Balaban J connectivity index is 1.43. The quantitative estimate of drug-likeness (QED) is 0.225. The van der Waals surface area contributed by atoms with E-state index in [0.717, 1.165) is 43.4 Å². The van der Waals surface area contributed by atoms with Gasteiger partial charge in [0.15, 0.2) is 0 Å². The number of hydrogen-bond donors (Lipinski definition) is 0. The van der Waals surface area contributed by atoms with Crippen molar-refractivity contribution in [2.75, 3.05) is 0 Å². The van der Waals surface area contributed by atoms with Gasteiger partial charge in [-0.2, -0.15) is 10.2 Å². The highest BCUT2D eigenvalue weighted by atomic mass is 19.1. The maximum absolute atomic E-state index is 15.1. The number of aryl methyl sites for hydroxylation is 1. The lowest BCUT2D eigenvalue weighted by Gasteiger charge is -2.25. The van der Waals surface area contributed by atoms with Gasteiger partial charge in [-0.3, -0.25) is 0 Å². The van der Waals surface area contributed by atoms with Crippen molar-refractivity contribution in [2.24, 2.45) is 16.1 Å². The van der Waals surface area contributed by atoms with Crippen molar-refractivity contribution >= 4 is 11.4 Å². The first-order valence-corrected chi connectivity index (χ1v) is 13.2. The summed E-state index contributed by atoms with van der Waals surface area (Å²) >= 11 is 0. The molecule has 3 aromatic carbocycles. The molecule has 0 bridgehead atoms. The zero-order valence-corrected chi connectivity index (χ0v) is 21.3. The number of unbranched alkanes of at least 4 members (excludes halogenated alkanes) is 2. The molecule has 0 spiro atoms. The lowest BCUT2D eigenvalue weighted by Crippen LogP contribution is -2.17. The fraction of sp³-hybridized carbons (Fsp3) is 0.375. The van der Waals surface area contributed by atoms with Gasteiger partial charge in [-0.15, -0.1) is 0 Å². The third-order valence-electron chi connectivity index (χ3n) is 6.92. The minimum atomic E-state index is -0.568. The number of azo groups is 1. The highest BCUT2D eigenvalue weighted by molar-refractivity contribution is 5.50. The molecule has 0 fully saturated rings. The molecular formula is C32H34F2N2. The summed E-state index contributed by atoms with van der Waals surface area (Å²) in [6.45, 7) is 4.36. The van der Waals surface area contributed by atoms with E-state index < -0.39 is 11.6 Å². The van der Waals surface area contributed by atoms with Crippen LogP contribution < -0.4 is 0 Å². The summed E-state index contributed by atoms with van der Waals surface area (Å²) in [5, 5.41) is 8.58. The lowest BCUT2D eigenvalue weighted by molar-refractivity contribution is 0.402. The van der Waals surface area contributed by atoms with Gasteiger partial charge in [-0.05, 0) is 97.2 Å². The van der Waals surface area contributed by atoms with Gasteiger partial charge in [-0.1, -0.05) is 63.5 Å². The highest BCUT2D eigenvalue weighted by Crippen LogP contribution is 2.32. The van der Waals surface area contributed by atoms with Crippen LogP contribution in [0.5, 0.6) is 0 Å². The Labute approximate surface area is 213 Å². The molecule has 36 heavy (non-hydrogen) atoms. The van der Waals surface area contributed by atoms with Crippen LogP contribution in [-0.4, -0.2) is 0 Å². The average Bonchev–Trinajstić information content (AvgIpc) is 2.90. The molecule has 0 amide bonds. The Hall–Kier alpha value is -3.32. The van der Waals surface area contributed by atoms with Crippen LogP contribution in [0, 0.1) is 29.4 Å². The largest absolute Gasteiger partial charge is 0.206 e. The molecular weight excluding hydrogens is 450 g/mol. The molecule has 0 aliphatic heterocycles. The number of halogens is 2. The second-order valence-electron chi connectivity index (χ2n) is 9.70. The van der Waals surface area contributed by atoms with Crippen molar-refractivity contribution < 1.29 is 8.78 Å². The van der Waals surface area contributed by atoms with Crippen molar-refractivity contribution in [2.45, 2.75) is 71.6 Å². The predicted molar refractivity (Wildman–Crippen MR) is 143 cm³/mol. The first-order valence-electron chi connectivity index (χ1n) is 13.2. The number of benzene rings is 3. The van der Waals surface area contributed by atoms with E-state index >= 15 is 4.39 Å². The summed E-state index contributed by atoms with van der Waals surface area (Å²) < 4.78 is 29.9. The monoisotopic (exact) mass is 484 g/mol. The van der Waals surface area contributed by atoms with Gasteiger partial charge in [0.2, 0.25) is 0 Å². The van der Waals surface area contributed by atoms with Gasteiger partial charge in [0, 0.05) is 5.56 Å². The Morgan fingerprint density at radius 3 is 2.19 bits per heavy atom. The molecule has 1 aliphatic carbocycles. The smallest absolute Gasteiger partial charge is 0.145 e. The summed E-state index contributed by atoms with van der Waals surface area (Å²) in [7, 11) is 0. The van der Waals surface area contributed by atoms with E-state index in [9.17, 15) is 4.39 Å². The molecule has 4 rings (SSSR count). The molecule has 1 unspecified atom stereocenters. The first kappa shape index (κ1) is 25.8. The number of hydrogen-bond acceptors (Lipinski definition) is 2. The third-order valence-corrected chi connectivity index (χ3v) is 6.92. The Kier molecular flexibility index (Phi) is 9.01. The van der Waals surface area contributed by atoms with E-state index in [-0.39, 0.29) is 5.56 Å². The molecule has 186 valence electrons. The van der Waals surface area contributed by atoms with E-state index in [4.69, 9.17) is 0 Å². The second-order valence-corrected chi connectivity index (χ2v) is 9.70. The van der Waals surface area contributed by atoms with Gasteiger partial charge in [0.05, 0.1) is 16.9 Å². The van der Waals surface area contributed by atoms with E-state index in [1.165, 1.54) is 30.9 Å². The van der Waals surface area contributed by atoms with Gasteiger partial charge < -0.3 is 0 Å². The maximum atomic E-state index is 15.1. The van der Waals surface area contributed by atoms with Crippen LogP contribution >= 0.6 is 0 Å². The fourth-order valence-corrected chi connectivity index (χ4v) is 4.75. The van der Waals surface area contributed by atoms with Crippen molar-refractivity contribution in [1.29, 1.82) is 0 Å². The molecule has 0 saturated carbocycles. The van der Waals surface area contributed by atoms with Crippen molar-refractivity contribution in [1.82, 2.24) is 0 Å². The summed E-state index contributed by atoms with van der Waals surface area (Å²) in [5.41, 5.74) is 4.79. The van der Waals surface area contributed by atoms with Crippen LogP contribution in [0.3, 0.4) is 0 Å². The van der Waals surface area contributed by atoms with E-state index in [1.807, 2.05) is 12.1 Å². The number of fused-ring (bicyclic) bond motifs is 1. The van der Waals surface area contributed by atoms with Crippen LogP contribution in [0.1, 0.15) is 80.2 Å². The van der Waals surface area contributed by atoms with Crippen molar-refractivity contribution in [3.63, 3.8) is 0 Å².